The van der Waals surface area contributed by atoms with Crippen molar-refractivity contribution in [2.75, 3.05) is 0 Å². The highest BCUT2D eigenvalue weighted by Crippen LogP contribution is 2.33. The van der Waals surface area contributed by atoms with E-state index in [1.165, 1.54) is 6.07 Å². The zero-order valence-corrected chi connectivity index (χ0v) is 13.2. The third-order valence-electron chi connectivity index (χ3n) is 4.21. The molecule has 126 valence electrons. The molecule has 0 aliphatic carbocycles. The Kier molecular flexibility index (Phi) is 3.90. The number of rotatable bonds is 4. The zero-order valence-electron chi connectivity index (χ0n) is 13.2. The van der Waals surface area contributed by atoms with Crippen LogP contribution in [-0.4, -0.2) is 30.6 Å². The maximum atomic E-state index is 12.3. The number of phenols is 1. The summed E-state index contributed by atoms with van der Waals surface area (Å²) in [6.45, 7) is 3.13. The summed E-state index contributed by atoms with van der Waals surface area (Å²) < 4.78 is 0. The summed E-state index contributed by atoms with van der Waals surface area (Å²) in [4.78, 5) is 24.6. The highest BCUT2D eigenvalue weighted by atomic mass is 16.3. The van der Waals surface area contributed by atoms with E-state index in [1.54, 1.807) is 26.0 Å². The minimum absolute atomic E-state index is 0.0422. The van der Waals surface area contributed by atoms with Crippen molar-refractivity contribution in [2.45, 2.75) is 26.4 Å². The van der Waals surface area contributed by atoms with E-state index in [9.17, 15) is 19.8 Å². The molecule has 0 saturated heterocycles. The third kappa shape index (κ3) is 2.46. The second kappa shape index (κ2) is 5.89. The topological polar surface area (TPSA) is 138 Å². The average Bonchev–Trinajstić information content (AvgIpc) is 3.06. The molecule has 3 aromatic rings. The molecule has 1 aromatic carbocycles. The first kappa shape index (κ1) is 15.9. The van der Waals surface area contributed by atoms with Crippen LogP contribution in [0.25, 0.3) is 0 Å². The first-order chi connectivity index (χ1) is 11.4. The van der Waals surface area contributed by atoms with Gasteiger partial charge in [-0.2, -0.15) is 0 Å². The summed E-state index contributed by atoms with van der Waals surface area (Å²) in [5.41, 5.74) is 2.36. The largest absolute Gasteiger partial charge is 0.508 e. The van der Waals surface area contributed by atoms with Crippen LogP contribution in [0.3, 0.4) is 0 Å². The van der Waals surface area contributed by atoms with Crippen LogP contribution >= 0.6 is 0 Å². The SMILES string of the molecule is Cc1[nH][nH]c(=O)c1C(c1ccc(O)c(CO)c1)c1c(C)[nH][nH]c1=O. The Morgan fingerprint density at radius 3 is 1.92 bits per heavy atom. The quantitative estimate of drug-likeness (QED) is 0.419. The minimum Gasteiger partial charge on any atom is -0.508 e. The van der Waals surface area contributed by atoms with Gasteiger partial charge in [-0.1, -0.05) is 6.07 Å². The van der Waals surface area contributed by atoms with Gasteiger partial charge < -0.3 is 20.4 Å². The summed E-state index contributed by atoms with van der Waals surface area (Å²) in [6.07, 6.45) is 0. The normalized spacial score (nSPS) is 11.3. The van der Waals surface area contributed by atoms with Gasteiger partial charge in [-0.3, -0.25) is 19.8 Å². The van der Waals surface area contributed by atoms with Crippen LogP contribution in [0.15, 0.2) is 27.8 Å². The zero-order chi connectivity index (χ0) is 17.4. The lowest BCUT2D eigenvalue weighted by Gasteiger charge is -2.17. The second-order valence-electron chi connectivity index (χ2n) is 5.71. The van der Waals surface area contributed by atoms with Gasteiger partial charge in [0.25, 0.3) is 11.1 Å². The van der Waals surface area contributed by atoms with E-state index >= 15 is 0 Å². The number of aromatic hydroxyl groups is 1. The van der Waals surface area contributed by atoms with E-state index < -0.39 is 5.92 Å². The van der Waals surface area contributed by atoms with E-state index in [2.05, 4.69) is 20.4 Å². The average molecular weight is 330 g/mol. The monoisotopic (exact) mass is 330 g/mol. The molecule has 0 atom stereocenters. The van der Waals surface area contributed by atoms with Crippen molar-refractivity contribution in [1.29, 1.82) is 0 Å². The number of aromatic nitrogens is 4. The maximum absolute atomic E-state index is 12.3. The van der Waals surface area contributed by atoms with Crippen molar-refractivity contribution in [3.63, 3.8) is 0 Å². The number of hydrogen-bond donors (Lipinski definition) is 6. The van der Waals surface area contributed by atoms with Crippen LogP contribution < -0.4 is 11.1 Å². The Bertz CT molecular complexity index is 938. The van der Waals surface area contributed by atoms with Crippen molar-refractivity contribution in [2.24, 2.45) is 0 Å². The fourth-order valence-electron chi connectivity index (χ4n) is 3.00. The van der Waals surface area contributed by atoms with Gasteiger partial charge in [-0.25, -0.2) is 0 Å². The molecule has 2 heterocycles. The smallest absolute Gasteiger partial charge is 0.268 e. The van der Waals surface area contributed by atoms with Gasteiger partial charge in [-0.15, -0.1) is 0 Å². The minimum atomic E-state index is -0.638. The van der Waals surface area contributed by atoms with Crippen LogP contribution in [0.1, 0.15) is 39.6 Å². The molecule has 8 nitrogen and oxygen atoms in total. The number of aliphatic hydroxyl groups is 1. The molecule has 0 amide bonds. The Labute approximate surface area is 136 Å². The highest BCUT2D eigenvalue weighted by molar-refractivity contribution is 5.47. The van der Waals surface area contributed by atoms with Gasteiger partial charge >= 0.3 is 0 Å². The summed E-state index contributed by atoms with van der Waals surface area (Å²) >= 11 is 0. The van der Waals surface area contributed by atoms with Crippen LogP contribution in [0.2, 0.25) is 0 Å². The van der Waals surface area contributed by atoms with Crippen molar-refractivity contribution in [3.05, 3.63) is 72.5 Å². The van der Waals surface area contributed by atoms with Crippen LogP contribution in [0.5, 0.6) is 5.75 Å². The van der Waals surface area contributed by atoms with E-state index in [0.717, 1.165) is 0 Å². The first-order valence-corrected chi connectivity index (χ1v) is 7.41. The molecule has 2 aromatic heterocycles. The Morgan fingerprint density at radius 2 is 1.50 bits per heavy atom. The van der Waals surface area contributed by atoms with Crippen molar-refractivity contribution in [1.82, 2.24) is 20.4 Å². The molecule has 8 heteroatoms. The number of hydrogen-bond acceptors (Lipinski definition) is 4. The van der Waals surface area contributed by atoms with E-state index in [-0.39, 0.29) is 23.5 Å². The summed E-state index contributed by atoms with van der Waals surface area (Å²) in [7, 11) is 0. The van der Waals surface area contributed by atoms with Crippen molar-refractivity contribution in [3.8, 4) is 5.75 Å². The molecule has 0 bridgehead atoms. The lowest BCUT2D eigenvalue weighted by Crippen LogP contribution is -2.20. The maximum Gasteiger partial charge on any atom is 0.268 e. The van der Waals surface area contributed by atoms with Gasteiger partial charge in [0.15, 0.2) is 0 Å². The summed E-state index contributed by atoms with van der Waals surface area (Å²) in [5.74, 6) is -0.680. The van der Waals surface area contributed by atoms with E-state index in [0.29, 0.717) is 33.6 Å². The summed E-state index contributed by atoms with van der Waals surface area (Å²) in [6, 6.07) is 4.68. The Morgan fingerprint density at radius 1 is 0.958 bits per heavy atom. The van der Waals surface area contributed by atoms with Crippen molar-refractivity contribution >= 4 is 0 Å². The fraction of sp³-hybridized carbons (Fsp3) is 0.250. The number of aryl methyl sites for hydroxylation is 2. The van der Waals surface area contributed by atoms with E-state index in [1.807, 2.05) is 0 Å². The molecule has 3 rings (SSSR count). The molecule has 0 unspecified atom stereocenters. The molecular formula is C16H18N4O4. The van der Waals surface area contributed by atoms with Gasteiger partial charge in [0.1, 0.15) is 5.75 Å². The molecule has 0 spiro atoms. The molecule has 24 heavy (non-hydrogen) atoms. The van der Waals surface area contributed by atoms with Crippen LogP contribution in [0.4, 0.5) is 0 Å². The van der Waals surface area contributed by atoms with Gasteiger partial charge in [0.05, 0.1) is 17.7 Å². The lowest BCUT2D eigenvalue weighted by molar-refractivity contribution is 0.275. The number of aromatic amines is 4. The third-order valence-corrected chi connectivity index (χ3v) is 4.21. The number of H-pyrrole nitrogens is 4. The van der Waals surface area contributed by atoms with Crippen LogP contribution in [-0.2, 0) is 6.61 Å². The number of nitrogens with one attached hydrogen (secondary N) is 4. The van der Waals surface area contributed by atoms with Crippen LogP contribution in [0, 0.1) is 13.8 Å². The standard InChI is InChI=1S/C16H18N4O4/c1-7-12(15(23)19-17-7)14(13-8(2)18-20-16(13)24)9-3-4-11(22)10(5-9)6-21/h3-5,14,21-22H,6H2,1-2H3,(H2,17,19,23)(H2,18,20,24). The number of benzene rings is 1. The number of aliphatic hydroxyl groups excluding tert-OH is 1. The molecule has 0 aliphatic heterocycles. The first-order valence-electron chi connectivity index (χ1n) is 7.41. The predicted molar refractivity (Wildman–Crippen MR) is 87.3 cm³/mol. The highest BCUT2D eigenvalue weighted by Gasteiger charge is 2.28. The molecule has 0 aliphatic rings. The van der Waals surface area contributed by atoms with Gasteiger partial charge in [0, 0.05) is 22.9 Å². The van der Waals surface area contributed by atoms with Crippen molar-refractivity contribution < 1.29 is 10.2 Å². The second-order valence-corrected chi connectivity index (χ2v) is 5.71. The van der Waals surface area contributed by atoms with E-state index in [4.69, 9.17) is 0 Å². The fourth-order valence-corrected chi connectivity index (χ4v) is 3.00. The molecular weight excluding hydrogens is 312 g/mol. The molecule has 6 N–H and O–H groups in total. The molecule has 0 fully saturated rings. The molecule has 0 saturated carbocycles. The lowest BCUT2D eigenvalue weighted by atomic mass is 9.84. The predicted octanol–water partition coefficient (Wildman–Crippen LogP) is 0.714. The Hall–Kier alpha value is -3.00. The summed E-state index contributed by atoms with van der Waals surface area (Å²) in [5, 5.41) is 29.8. The van der Waals surface area contributed by atoms with Gasteiger partial charge in [-0.05, 0) is 31.5 Å². The Balaban J connectivity index is 2.32. The van der Waals surface area contributed by atoms with Gasteiger partial charge in [0.2, 0.25) is 0 Å². The molecule has 0 radical (unpaired) electrons.